The molecule has 0 saturated carbocycles. The maximum absolute atomic E-state index is 14.8. The molecule has 0 unspecified atom stereocenters. The molecule has 2 saturated heterocycles. The maximum atomic E-state index is 14.8. The second kappa shape index (κ2) is 14.2. The van der Waals surface area contributed by atoms with Gasteiger partial charge in [0.2, 0.25) is 11.8 Å². The molecule has 2 fully saturated rings. The van der Waals surface area contributed by atoms with Crippen molar-refractivity contribution in [1.82, 2.24) is 10.2 Å². The van der Waals surface area contributed by atoms with Crippen LogP contribution in [0.4, 0.5) is 5.69 Å². The minimum Gasteiger partial charge on any atom is -0.497 e. The number of amides is 3. The Morgan fingerprint density at radius 2 is 1.75 bits per heavy atom. The Kier molecular flexibility index (Phi) is 10.0. The summed E-state index contributed by atoms with van der Waals surface area (Å²) in [5, 5.41) is 13.0. The first kappa shape index (κ1) is 33.8. The topological polar surface area (TPSA) is 144 Å². The van der Waals surface area contributed by atoms with Crippen LogP contribution in [0, 0.1) is 11.8 Å². The minimum absolute atomic E-state index is 0.0482. The van der Waals surface area contributed by atoms with Crippen LogP contribution in [-0.4, -0.2) is 98.0 Å². The number of fused-ring (bicyclic) bond motifs is 2. The number of halogens is 1. The zero-order valence-electron chi connectivity index (χ0n) is 26.6. The normalized spacial score (nSPS) is 31.3. The number of aliphatic hydroxyl groups excluding tert-OH is 1. The van der Waals surface area contributed by atoms with Gasteiger partial charge in [0.1, 0.15) is 35.5 Å². The third kappa shape index (κ3) is 6.04. The van der Waals surface area contributed by atoms with Crippen molar-refractivity contribution in [3.05, 3.63) is 82.9 Å². The SMILES string of the molecule is COC[C@H]1NC(=O)CC/C=C\CN(c2ccc(OC)cc2)C(=O)[C@@H]2N(CCO)C(=O)[C@H]3[C@H](C(=O)O[C@@H]1c1ccccc1)[C@H]1O[C@@]23C=C1Br. The predicted octanol–water partition coefficient (Wildman–Crippen LogP) is 2.66. The van der Waals surface area contributed by atoms with Crippen LogP contribution in [-0.2, 0) is 33.4 Å². The molecule has 2 aromatic carbocycles. The zero-order chi connectivity index (χ0) is 34.0. The number of esters is 1. The summed E-state index contributed by atoms with van der Waals surface area (Å²) in [5.41, 5.74) is -0.347. The fourth-order valence-electron chi connectivity index (χ4n) is 7.25. The molecule has 0 aliphatic carbocycles. The number of β-amino-alcohol motifs (C(OH)–C–C–N with tert-alkyl or cyclic N) is 1. The standard InChI is InChI=1S/C35H38BrN3O9/c1-45-20-25-29(21-9-5-3-6-10-21)47-34(44)27-28-32(42)39(17-18-40)31(35(28)19-24(36)30(27)48-35)33(43)38(16-8-4-7-11-26(41)37-25)22-12-14-23(46-2)15-13-22/h3-6,8-10,12-15,19,25,27-31,40H,7,11,16-18,20H2,1-2H3,(H,37,41)/b8-4-/t25-,27+,28-,29-,30+,31+,35-/m1/s1. The number of cyclic esters (lactones) is 1. The van der Waals surface area contributed by atoms with Gasteiger partial charge in [0.15, 0.2) is 0 Å². The summed E-state index contributed by atoms with van der Waals surface area (Å²) < 4.78 is 24.1. The Hall–Kier alpha value is -4.04. The average molecular weight is 725 g/mol. The molecule has 5 bridgehead atoms. The van der Waals surface area contributed by atoms with E-state index in [-0.39, 0.29) is 32.0 Å². The third-order valence-electron chi connectivity index (χ3n) is 9.35. The number of allylic oxidation sites excluding steroid dienone is 1. The van der Waals surface area contributed by atoms with Crippen LogP contribution >= 0.6 is 15.9 Å². The van der Waals surface area contributed by atoms with E-state index in [2.05, 4.69) is 21.2 Å². The number of carbonyl (C=O) groups is 4. The smallest absolute Gasteiger partial charge is 0.313 e. The maximum Gasteiger partial charge on any atom is 0.313 e. The lowest BCUT2D eigenvalue weighted by molar-refractivity contribution is -0.162. The molecule has 0 aromatic heterocycles. The Labute approximate surface area is 286 Å². The lowest BCUT2D eigenvalue weighted by atomic mass is 9.74. The van der Waals surface area contributed by atoms with E-state index < -0.39 is 66.1 Å². The molecule has 2 N–H and O–H groups in total. The van der Waals surface area contributed by atoms with Crippen molar-refractivity contribution in [1.29, 1.82) is 0 Å². The van der Waals surface area contributed by atoms with Gasteiger partial charge < -0.3 is 39.2 Å². The molecule has 13 heteroatoms. The molecule has 4 aliphatic heterocycles. The Morgan fingerprint density at radius 3 is 2.44 bits per heavy atom. The number of nitrogens with one attached hydrogen (secondary N) is 1. The highest BCUT2D eigenvalue weighted by Gasteiger charge is 2.75. The van der Waals surface area contributed by atoms with Gasteiger partial charge in [0.25, 0.3) is 5.91 Å². The van der Waals surface area contributed by atoms with Gasteiger partial charge in [0, 0.05) is 36.8 Å². The van der Waals surface area contributed by atoms with Crippen molar-refractivity contribution in [2.24, 2.45) is 11.8 Å². The quantitative estimate of drug-likeness (QED) is 0.326. The van der Waals surface area contributed by atoms with Crippen molar-refractivity contribution in [3.8, 4) is 5.75 Å². The van der Waals surface area contributed by atoms with Gasteiger partial charge >= 0.3 is 5.97 Å². The molecule has 48 heavy (non-hydrogen) atoms. The van der Waals surface area contributed by atoms with Crippen molar-refractivity contribution < 1.29 is 43.2 Å². The van der Waals surface area contributed by atoms with Crippen LogP contribution in [0.3, 0.4) is 0 Å². The average Bonchev–Trinajstić information content (AvgIpc) is 3.68. The number of anilines is 1. The monoisotopic (exact) mass is 723 g/mol. The van der Waals surface area contributed by atoms with Crippen LogP contribution in [0.2, 0.25) is 0 Å². The molecule has 1 spiro atoms. The molecular weight excluding hydrogens is 686 g/mol. The molecule has 4 aliphatic rings. The fourth-order valence-corrected chi connectivity index (χ4v) is 7.99. The Morgan fingerprint density at radius 1 is 1.00 bits per heavy atom. The minimum atomic E-state index is -1.51. The van der Waals surface area contributed by atoms with Crippen LogP contribution in [0.25, 0.3) is 0 Å². The zero-order valence-corrected chi connectivity index (χ0v) is 28.2. The summed E-state index contributed by atoms with van der Waals surface area (Å²) >= 11 is 3.56. The van der Waals surface area contributed by atoms with E-state index in [1.807, 2.05) is 12.1 Å². The van der Waals surface area contributed by atoms with Crippen molar-refractivity contribution in [3.63, 3.8) is 0 Å². The first-order valence-corrected chi connectivity index (χ1v) is 16.6. The first-order chi connectivity index (χ1) is 23.2. The Balaban J connectivity index is 1.46. The molecule has 0 radical (unpaired) electrons. The summed E-state index contributed by atoms with van der Waals surface area (Å²) in [7, 11) is 3.04. The number of aliphatic hydroxyl groups is 1. The highest BCUT2D eigenvalue weighted by Crippen LogP contribution is 2.59. The van der Waals surface area contributed by atoms with E-state index in [9.17, 15) is 24.3 Å². The molecule has 4 heterocycles. The van der Waals surface area contributed by atoms with Gasteiger partial charge in [-0.05, 0) is 42.3 Å². The first-order valence-electron chi connectivity index (χ1n) is 15.9. The number of benzene rings is 2. The number of rotatable bonds is 7. The van der Waals surface area contributed by atoms with Crippen LogP contribution in [0.15, 0.2) is 77.3 Å². The summed E-state index contributed by atoms with van der Waals surface area (Å²) in [6, 6.07) is 14.0. The second-order valence-electron chi connectivity index (χ2n) is 12.1. The van der Waals surface area contributed by atoms with E-state index >= 15 is 0 Å². The van der Waals surface area contributed by atoms with Gasteiger partial charge in [-0.1, -0.05) is 58.4 Å². The van der Waals surface area contributed by atoms with E-state index in [1.54, 1.807) is 67.8 Å². The van der Waals surface area contributed by atoms with Gasteiger partial charge in [-0.15, -0.1) is 0 Å². The lowest BCUT2D eigenvalue weighted by Crippen LogP contribution is -2.56. The number of hydrogen-bond acceptors (Lipinski definition) is 9. The third-order valence-corrected chi connectivity index (χ3v) is 10.0. The van der Waals surface area contributed by atoms with Crippen molar-refractivity contribution >= 4 is 45.3 Å². The van der Waals surface area contributed by atoms with Gasteiger partial charge in [0.05, 0.1) is 32.3 Å². The number of carbonyl (C=O) groups excluding carboxylic acids is 4. The lowest BCUT2D eigenvalue weighted by Gasteiger charge is -2.35. The highest BCUT2D eigenvalue weighted by molar-refractivity contribution is 9.11. The van der Waals surface area contributed by atoms with Crippen LogP contribution < -0.4 is 15.0 Å². The molecular formula is C35H38BrN3O9. The highest BCUT2D eigenvalue weighted by atomic mass is 79.9. The number of methoxy groups -OCH3 is 2. The van der Waals surface area contributed by atoms with Crippen molar-refractivity contribution in [2.75, 3.05) is 45.4 Å². The predicted molar refractivity (Wildman–Crippen MR) is 177 cm³/mol. The van der Waals surface area contributed by atoms with E-state index in [4.69, 9.17) is 18.9 Å². The molecule has 2 aromatic rings. The van der Waals surface area contributed by atoms with Crippen LogP contribution in [0.5, 0.6) is 5.75 Å². The molecule has 3 amide bonds. The summed E-state index contributed by atoms with van der Waals surface area (Å²) in [5.74, 6) is -3.56. The largest absolute Gasteiger partial charge is 0.497 e. The summed E-state index contributed by atoms with van der Waals surface area (Å²) in [4.78, 5) is 59.4. The second-order valence-corrected chi connectivity index (χ2v) is 13.1. The number of likely N-dealkylation sites (tertiary alicyclic amines) is 1. The van der Waals surface area contributed by atoms with E-state index in [0.29, 0.717) is 27.9 Å². The summed E-state index contributed by atoms with van der Waals surface area (Å²) in [6.45, 7) is -0.381. The number of ether oxygens (including phenoxy) is 4. The Bertz CT molecular complexity index is 1600. The summed E-state index contributed by atoms with van der Waals surface area (Å²) in [6.07, 6.45) is 3.99. The molecule has 6 rings (SSSR count). The van der Waals surface area contributed by atoms with Crippen LogP contribution in [0.1, 0.15) is 24.5 Å². The fraction of sp³-hybridized carbons (Fsp3) is 0.429. The van der Waals surface area contributed by atoms with Gasteiger partial charge in [-0.25, -0.2) is 0 Å². The van der Waals surface area contributed by atoms with Gasteiger partial charge in [-0.3, -0.25) is 19.2 Å². The van der Waals surface area contributed by atoms with E-state index in [0.717, 1.165) is 0 Å². The van der Waals surface area contributed by atoms with Crippen molar-refractivity contribution in [2.45, 2.75) is 42.7 Å². The molecule has 7 atom stereocenters. The number of hydrogen-bond donors (Lipinski definition) is 2. The number of nitrogens with zero attached hydrogens (tertiary/aromatic N) is 2. The molecule has 254 valence electrons. The molecule has 12 nitrogen and oxygen atoms in total. The van der Waals surface area contributed by atoms with Gasteiger partial charge in [-0.2, -0.15) is 0 Å². The van der Waals surface area contributed by atoms with E-state index in [1.165, 1.54) is 16.9 Å².